The molecule has 0 bridgehead atoms. The van der Waals surface area contributed by atoms with Crippen LogP contribution in [0.25, 0.3) is 0 Å². The highest BCUT2D eigenvalue weighted by molar-refractivity contribution is 5.92. The zero-order valence-corrected chi connectivity index (χ0v) is 23.5. The zero-order valence-electron chi connectivity index (χ0n) is 23.5. The van der Waals surface area contributed by atoms with Crippen LogP contribution in [0, 0.1) is 11.7 Å². The number of likely N-dealkylation sites (N-methyl/N-ethyl adjacent to an activating group) is 1. The van der Waals surface area contributed by atoms with Gasteiger partial charge in [-0.2, -0.15) is 26.3 Å². The van der Waals surface area contributed by atoms with E-state index in [0.29, 0.717) is 48.7 Å². The van der Waals surface area contributed by atoms with Gasteiger partial charge in [0.25, 0.3) is 0 Å². The maximum absolute atomic E-state index is 13.6. The van der Waals surface area contributed by atoms with Crippen molar-refractivity contribution in [2.45, 2.75) is 44.1 Å². The number of nitrogens with zero attached hydrogens (tertiary/aromatic N) is 5. The molecule has 2 aromatic rings. The quantitative estimate of drug-likeness (QED) is 0.453. The number of benzene rings is 1. The normalized spacial score (nSPS) is 19.9. The summed E-state index contributed by atoms with van der Waals surface area (Å²) in [6, 6.07) is 1.74. The van der Waals surface area contributed by atoms with Gasteiger partial charge in [-0.3, -0.25) is 19.5 Å². The Morgan fingerprint density at radius 1 is 0.884 bits per heavy atom. The fraction of sp³-hybridized carbons (Fsp3) is 0.500. The molecule has 0 spiro atoms. The van der Waals surface area contributed by atoms with E-state index >= 15 is 0 Å². The molecule has 2 atom stereocenters. The van der Waals surface area contributed by atoms with Crippen LogP contribution in [0.2, 0.25) is 0 Å². The van der Waals surface area contributed by atoms with E-state index in [4.69, 9.17) is 0 Å². The number of likely N-dealkylation sites (tertiary alicyclic amines) is 2. The second kappa shape index (κ2) is 12.0. The number of pyridine rings is 1. The van der Waals surface area contributed by atoms with Gasteiger partial charge in [-0.1, -0.05) is 0 Å². The first kappa shape index (κ1) is 32.0. The summed E-state index contributed by atoms with van der Waals surface area (Å²) >= 11 is 0. The summed E-state index contributed by atoms with van der Waals surface area (Å²) in [6.45, 7) is 2.36. The SMILES string of the molecule is CC(=O)N1CCC(C(=O)N2CC(c3ccc(F)cn3)[C@H](N(C)C(=O)N(C)c3cc(C(F)(F)F)cc(C(F)(F)F)c3)C2)CC1. The third kappa shape index (κ3) is 7.02. The number of anilines is 1. The number of piperidine rings is 1. The fourth-order valence-electron chi connectivity index (χ4n) is 5.58. The second-order valence-electron chi connectivity index (χ2n) is 10.8. The Bertz CT molecular complexity index is 1330. The highest BCUT2D eigenvalue weighted by Crippen LogP contribution is 2.39. The van der Waals surface area contributed by atoms with Crippen molar-refractivity contribution >= 4 is 23.5 Å². The van der Waals surface area contributed by atoms with E-state index in [-0.39, 0.29) is 36.9 Å². The predicted octanol–water partition coefficient (Wildman–Crippen LogP) is 5.00. The average molecular weight is 618 g/mol. The highest BCUT2D eigenvalue weighted by Gasteiger charge is 2.44. The van der Waals surface area contributed by atoms with Crippen LogP contribution in [0.1, 0.15) is 42.5 Å². The standard InChI is InChI=1S/C28H30F7N5O3/c1-16(41)39-8-6-17(7-9-39)25(42)40-14-22(23-5-4-20(29)13-36-23)24(15-40)38(3)26(43)37(2)21-11-18(27(30,31)32)10-19(12-21)28(33,34)35/h4-5,10-13,17,22,24H,6-9,14-15H2,1-3H3/t22?,24-/m1/s1. The van der Waals surface area contributed by atoms with Crippen molar-refractivity contribution in [1.29, 1.82) is 0 Å². The van der Waals surface area contributed by atoms with Gasteiger partial charge in [0.2, 0.25) is 11.8 Å². The molecule has 2 fully saturated rings. The van der Waals surface area contributed by atoms with Crippen LogP contribution in [0.15, 0.2) is 36.5 Å². The molecule has 2 saturated heterocycles. The van der Waals surface area contributed by atoms with E-state index in [2.05, 4.69) is 4.98 Å². The van der Waals surface area contributed by atoms with Gasteiger partial charge in [-0.05, 0) is 43.2 Å². The molecule has 1 aromatic heterocycles. The van der Waals surface area contributed by atoms with Gasteiger partial charge in [-0.15, -0.1) is 0 Å². The Labute approximate surface area is 243 Å². The summed E-state index contributed by atoms with van der Waals surface area (Å²) in [5.74, 6) is -1.93. The summed E-state index contributed by atoms with van der Waals surface area (Å²) in [4.78, 5) is 47.8. The van der Waals surface area contributed by atoms with E-state index in [1.54, 1.807) is 4.90 Å². The minimum absolute atomic E-state index is 0.00194. The predicted molar refractivity (Wildman–Crippen MR) is 140 cm³/mol. The van der Waals surface area contributed by atoms with Crippen LogP contribution in [-0.4, -0.2) is 83.8 Å². The monoisotopic (exact) mass is 617 g/mol. The Morgan fingerprint density at radius 3 is 1.95 bits per heavy atom. The minimum Gasteiger partial charge on any atom is -0.343 e. The first-order valence-electron chi connectivity index (χ1n) is 13.4. The van der Waals surface area contributed by atoms with Crippen LogP contribution >= 0.6 is 0 Å². The number of aromatic nitrogens is 1. The van der Waals surface area contributed by atoms with Gasteiger partial charge in [0.05, 0.1) is 23.4 Å². The third-order valence-electron chi connectivity index (χ3n) is 8.07. The number of alkyl halides is 6. The van der Waals surface area contributed by atoms with Crippen LogP contribution < -0.4 is 4.90 Å². The molecule has 0 N–H and O–H groups in total. The van der Waals surface area contributed by atoms with Crippen molar-refractivity contribution in [2.75, 3.05) is 45.2 Å². The van der Waals surface area contributed by atoms with Gasteiger partial charge in [-0.25, -0.2) is 9.18 Å². The number of hydrogen-bond acceptors (Lipinski definition) is 4. The number of halogens is 7. The first-order valence-corrected chi connectivity index (χ1v) is 13.4. The lowest BCUT2D eigenvalue weighted by Crippen LogP contribution is -2.48. The van der Waals surface area contributed by atoms with Crippen LogP contribution in [-0.2, 0) is 21.9 Å². The Balaban J connectivity index is 1.61. The molecule has 4 amide bonds. The molecule has 4 rings (SSSR count). The molecule has 2 aliphatic heterocycles. The van der Waals surface area contributed by atoms with E-state index in [9.17, 15) is 45.1 Å². The molecule has 234 valence electrons. The Kier molecular flexibility index (Phi) is 8.93. The molecular weight excluding hydrogens is 587 g/mol. The van der Waals surface area contributed by atoms with Crippen LogP contribution in [0.4, 0.5) is 41.2 Å². The second-order valence-corrected chi connectivity index (χ2v) is 10.8. The van der Waals surface area contributed by atoms with Crippen molar-refractivity contribution in [2.24, 2.45) is 5.92 Å². The number of hydrogen-bond donors (Lipinski definition) is 0. The average Bonchev–Trinajstić information content (AvgIpc) is 3.40. The topological polar surface area (TPSA) is 77.1 Å². The zero-order chi connectivity index (χ0) is 31.9. The Hall–Kier alpha value is -3.91. The number of urea groups is 1. The van der Waals surface area contributed by atoms with Crippen molar-refractivity contribution in [1.82, 2.24) is 19.7 Å². The van der Waals surface area contributed by atoms with Crippen molar-refractivity contribution in [3.05, 3.63) is 59.2 Å². The van der Waals surface area contributed by atoms with E-state index < -0.39 is 53.0 Å². The molecule has 0 saturated carbocycles. The summed E-state index contributed by atoms with van der Waals surface area (Å²) < 4.78 is 94.2. The van der Waals surface area contributed by atoms with E-state index in [1.807, 2.05) is 0 Å². The molecule has 0 aliphatic carbocycles. The Morgan fingerprint density at radius 2 is 1.47 bits per heavy atom. The van der Waals surface area contributed by atoms with Gasteiger partial charge in [0, 0.05) is 70.4 Å². The number of rotatable bonds is 4. The highest BCUT2D eigenvalue weighted by atomic mass is 19.4. The summed E-state index contributed by atoms with van der Waals surface area (Å²) in [5.41, 5.74) is -3.41. The number of carbonyl (C=O) groups excluding carboxylic acids is 3. The minimum atomic E-state index is -5.10. The molecule has 1 aromatic carbocycles. The van der Waals surface area contributed by atoms with Gasteiger partial charge >= 0.3 is 18.4 Å². The number of carbonyl (C=O) groups is 3. The maximum atomic E-state index is 13.6. The first-order chi connectivity index (χ1) is 20.0. The molecular formula is C28H30F7N5O3. The number of amides is 4. The molecule has 15 heteroatoms. The maximum Gasteiger partial charge on any atom is 0.416 e. The smallest absolute Gasteiger partial charge is 0.343 e. The van der Waals surface area contributed by atoms with Gasteiger partial charge in [0.15, 0.2) is 0 Å². The largest absolute Gasteiger partial charge is 0.416 e. The van der Waals surface area contributed by atoms with Gasteiger partial charge < -0.3 is 14.7 Å². The van der Waals surface area contributed by atoms with Crippen LogP contribution in [0.3, 0.4) is 0 Å². The van der Waals surface area contributed by atoms with E-state index in [0.717, 1.165) is 24.2 Å². The third-order valence-corrected chi connectivity index (χ3v) is 8.07. The molecule has 43 heavy (non-hydrogen) atoms. The van der Waals surface area contributed by atoms with Crippen LogP contribution in [0.5, 0.6) is 0 Å². The molecule has 0 radical (unpaired) electrons. The van der Waals surface area contributed by atoms with Crippen molar-refractivity contribution in [3.8, 4) is 0 Å². The van der Waals surface area contributed by atoms with Gasteiger partial charge in [0.1, 0.15) is 5.82 Å². The summed E-state index contributed by atoms with van der Waals surface area (Å²) in [5, 5.41) is 0. The molecule has 3 heterocycles. The molecule has 2 aliphatic rings. The van der Waals surface area contributed by atoms with Crippen molar-refractivity contribution in [3.63, 3.8) is 0 Å². The lowest BCUT2D eigenvalue weighted by molar-refractivity contribution is -0.143. The molecule has 1 unspecified atom stereocenters. The van der Waals surface area contributed by atoms with E-state index in [1.165, 1.54) is 24.9 Å². The summed E-state index contributed by atoms with van der Waals surface area (Å²) in [7, 11) is 2.39. The fourth-order valence-corrected chi connectivity index (χ4v) is 5.58. The summed E-state index contributed by atoms with van der Waals surface area (Å²) in [6.07, 6.45) is -8.35. The van der Waals surface area contributed by atoms with Crippen molar-refractivity contribution < 1.29 is 45.1 Å². The molecule has 8 nitrogen and oxygen atoms in total. The lowest BCUT2D eigenvalue weighted by atomic mass is 9.95. The lowest BCUT2D eigenvalue weighted by Gasteiger charge is -2.33.